The molecular weight excluding hydrogens is 321 g/mol. The van der Waals surface area contributed by atoms with Gasteiger partial charge in [0, 0.05) is 6.07 Å². The Kier molecular flexibility index (Phi) is 5.21. The molecule has 2 aromatic rings. The van der Waals surface area contributed by atoms with Gasteiger partial charge in [-0.05, 0) is 44.5 Å². The van der Waals surface area contributed by atoms with Crippen LogP contribution in [-0.2, 0) is 11.3 Å². The van der Waals surface area contributed by atoms with Crippen LogP contribution >= 0.6 is 11.6 Å². The molecule has 0 unspecified atom stereocenters. The highest BCUT2D eigenvalue weighted by atomic mass is 35.5. The first-order valence-corrected chi connectivity index (χ1v) is 7.39. The van der Waals surface area contributed by atoms with Crippen molar-refractivity contribution >= 4 is 17.6 Å². The predicted molar refractivity (Wildman–Crippen MR) is 85.1 cm³/mol. The van der Waals surface area contributed by atoms with E-state index < -0.39 is 11.6 Å². The average molecular weight is 338 g/mol. The maximum atomic E-state index is 13.1. The fraction of sp³-hybridized carbons (Fsp3) is 0.294. The van der Waals surface area contributed by atoms with Crippen LogP contribution in [-0.4, -0.2) is 16.6 Å². The lowest BCUT2D eigenvalue weighted by molar-refractivity contribution is 0.00692. The lowest BCUT2D eigenvalue weighted by atomic mass is 10.2. The van der Waals surface area contributed by atoms with Gasteiger partial charge in [0.15, 0.2) is 0 Å². The fourth-order valence-corrected chi connectivity index (χ4v) is 1.99. The predicted octanol–water partition coefficient (Wildman–Crippen LogP) is 4.41. The number of carbonyl (C=O) groups is 1. The van der Waals surface area contributed by atoms with Crippen molar-refractivity contribution in [3.8, 4) is 5.88 Å². The number of pyridine rings is 1. The van der Waals surface area contributed by atoms with E-state index in [9.17, 15) is 9.18 Å². The third kappa shape index (κ3) is 5.21. The Morgan fingerprint density at radius 1 is 1.26 bits per heavy atom. The van der Waals surface area contributed by atoms with Gasteiger partial charge in [-0.2, -0.15) is 0 Å². The molecule has 0 radical (unpaired) electrons. The summed E-state index contributed by atoms with van der Waals surface area (Å²) < 4.78 is 23.8. The number of hydrogen-bond acceptors (Lipinski definition) is 4. The molecule has 0 spiro atoms. The minimum atomic E-state index is -0.618. The zero-order chi connectivity index (χ0) is 17.0. The Morgan fingerprint density at radius 3 is 2.61 bits per heavy atom. The lowest BCUT2D eigenvalue weighted by Gasteiger charge is -2.19. The van der Waals surface area contributed by atoms with Gasteiger partial charge in [-0.25, -0.2) is 14.2 Å². The van der Waals surface area contributed by atoms with Crippen LogP contribution in [0, 0.1) is 5.82 Å². The monoisotopic (exact) mass is 337 g/mol. The molecule has 0 atom stereocenters. The van der Waals surface area contributed by atoms with Gasteiger partial charge in [-0.15, -0.1) is 0 Å². The molecule has 1 aromatic carbocycles. The molecular formula is C17H17ClFNO3. The second kappa shape index (κ2) is 6.96. The van der Waals surface area contributed by atoms with Crippen LogP contribution in [0.25, 0.3) is 0 Å². The third-order valence-corrected chi connectivity index (χ3v) is 3.01. The first kappa shape index (κ1) is 17.2. The molecule has 6 heteroatoms. The minimum absolute atomic E-state index is 0.00371. The van der Waals surface area contributed by atoms with Crippen LogP contribution in [0.3, 0.4) is 0 Å². The number of rotatable bonds is 4. The van der Waals surface area contributed by atoms with Crippen molar-refractivity contribution in [1.29, 1.82) is 0 Å². The normalized spacial score (nSPS) is 11.2. The maximum Gasteiger partial charge on any atom is 0.341 e. The summed E-state index contributed by atoms with van der Waals surface area (Å²) in [7, 11) is 0. The van der Waals surface area contributed by atoms with Crippen LogP contribution in [0.1, 0.15) is 36.7 Å². The fourth-order valence-electron chi connectivity index (χ4n) is 1.77. The summed E-state index contributed by atoms with van der Waals surface area (Å²) in [6.07, 6.45) is 0. The van der Waals surface area contributed by atoms with Crippen molar-refractivity contribution in [3.63, 3.8) is 0 Å². The van der Waals surface area contributed by atoms with Crippen LogP contribution in [0.15, 0.2) is 36.4 Å². The first-order valence-electron chi connectivity index (χ1n) is 7.02. The van der Waals surface area contributed by atoms with E-state index in [1.807, 2.05) is 0 Å². The number of ether oxygens (including phenoxy) is 2. The maximum absolute atomic E-state index is 13.1. The molecule has 0 aliphatic rings. The Morgan fingerprint density at radius 2 is 2.00 bits per heavy atom. The number of esters is 1. The highest BCUT2D eigenvalue weighted by Crippen LogP contribution is 2.21. The SMILES string of the molecule is CC(C)(C)OC(=O)c1ccc(OCc2cccc(F)c2)nc1Cl. The Labute approximate surface area is 139 Å². The summed E-state index contributed by atoms with van der Waals surface area (Å²) in [5.41, 5.74) is 0.214. The number of halogens is 2. The Balaban J connectivity index is 2.06. The Bertz CT molecular complexity index is 713. The van der Waals surface area contributed by atoms with Crippen molar-refractivity contribution in [2.24, 2.45) is 0 Å². The van der Waals surface area contributed by atoms with Gasteiger partial charge in [-0.3, -0.25) is 0 Å². The van der Waals surface area contributed by atoms with Gasteiger partial charge in [0.05, 0.1) is 5.56 Å². The first-order chi connectivity index (χ1) is 10.7. The van der Waals surface area contributed by atoms with Crippen molar-refractivity contribution < 1.29 is 18.7 Å². The molecule has 122 valence electrons. The van der Waals surface area contributed by atoms with E-state index in [1.54, 1.807) is 32.9 Å². The van der Waals surface area contributed by atoms with Crippen LogP contribution in [0.4, 0.5) is 4.39 Å². The van der Waals surface area contributed by atoms with Crippen LogP contribution in [0.2, 0.25) is 5.15 Å². The molecule has 23 heavy (non-hydrogen) atoms. The van der Waals surface area contributed by atoms with Gasteiger partial charge in [0.2, 0.25) is 5.88 Å². The largest absolute Gasteiger partial charge is 0.473 e. The molecule has 1 heterocycles. The van der Waals surface area contributed by atoms with Gasteiger partial charge in [0.25, 0.3) is 0 Å². The molecule has 0 amide bonds. The highest BCUT2D eigenvalue weighted by molar-refractivity contribution is 6.32. The molecule has 0 aliphatic carbocycles. The summed E-state index contributed by atoms with van der Waals surface area (Å²) in [4.78, 5) is 16.0. The zero-order valence-electron chi connectivity index (χ0n) is 13.1. The molecule has 0 N–H and O–H groups in total. The minimum Gasteiger partial charge on any atom is -0.473 e. The van der Waals surface area contributed by atoms with Gasteiger partial charge in [-0.1, -0.05) is 23.7 Å². The molecule has 0 aliphatic heterocycles. The second-order valence-electron chi connectivity index (χ2n) is 5.91. The summed E-state index contributed by atoms with van der Waals surface area (Å²) in [5, 5.41) is -0.00371. The number of aromatic nitrogens is 1. The summed E-state index contributed by atoms with van der Waals surface area (Å²) in [6.45, 7) is 5.45. The molecule has 0 fully saturated rings. The van der Waals surface area contributed by atoms with Crippen LogP contribution < -0.4 is 4.74 Å². The molecule has 1 aromatic heterocycles. The lowest BCUT2D eigenvalue weighted by Crippen LogP contribution is -2.24. The number of hydrogen-bond donors (Lipinski definition) is 0. The molecule has 0 bridgehead atoms. The van der Waals surface area contributed by atoms with E-state index >= 15 is 0 Å². The second-order valence-corrected chi connectivity index (χ2v) is 6.27. The summed E-state index contributed by atoms with van der Waals surface area (Å²) in [5.74, 6) is -0.643. The van der Waals surface area contributed by atoms with E-state index in [1.165, 1.54) is 24.3 Å². The average Bonchev–Trinajstić information content (AvgIpc) is 2.43. The van der Waals surface area contributed by atoms with E-state index in [-0.39, 0.29) is 29.0 Å². The third-order valence-electron chi connectivity index (χ3n) is 2.72. The smallest absolute Gasteiger partial charge is 0.341 e. The molecule has 0 saturated carbocycles. The van der Waals surface area contributed by atoms with E-state index in [2.05, 4.69) is 4.98 Å². The summed E-state index contributed by atoms with van der Waals surface area (Å²) >= 11 is 6.01. The zero-order valence-corrected chi connectivity index (χ0v) is 13.9. The van der Waals surface area contributed by atoms with Crippen LogP contribution in [0.5, 0.6) is 5.88 Å². The highest BCUT2D eigenvalue weighted by Gasteiger charge is 2.21. The van der Waals surface area contributed by atoms with Crippen molar-refractivity contribution in [2.45, 2.75) is 33.0 Å². The molecule has 2 rings (SSSR count). The molecule has 4 nitrogen and oxygen atoms in total. The standard InChI is InChI=1S/C17H17ClFNO3/c1-17(2,3)23-16(21)13-7-8-14(20-15(13)18)22-10-11-5-4-6-12(19)9-11/h4-9H,10H2,1-3H3. The quantitative estimate of drug-likeness (QED) is 0.612. The van der Waals surface area contributed by atoms with Gasteiger partial charge in [0.1, 0.15) is 23.2 Å². The van der Waals surface area contributed by atoms with E-state index in [0.29, 0.717) is 5.56 Å². The van der Waals surface area contributed by atoms with E-state index in [4.69, 9.17) is 21.1 Å². The van der Waals surface area contributed by atoms with Crippen molar-refractivity contribution in [1.82, 2.24) is 4.98 Å². The number of benzene rings is 1. The summed E-state index contributed by atoms with van der Waals surface area (Å²) in [6, 6.07) is 9.07. The Hall–Kier alpha value is -2.14. The number of nitrogens with zero attached hydrogens (tertiary/aromatic N) is 1. The van der Waals surface area contributed by atoms with Crippen molar-refractivity contribution in [2.75, 3.05) is 0 Å². The van der Waals surface area contributed by atoms with E-state index in [0.717, 1.165) is 0 Å². The van der Waals surface area contributed by atoms with Gasteiger partial charge >= 0.3 is 5.97 Å². The topological polar surface area (TPSA) is 48.4 Å². The molecule has 0 saturated heterocycles. The van der Waals surface area contributed by atoms with Gasteiger partial charge < -0.3 is 9.47 Å². The van der Waals surface area contributed by atoms with Crippen molar-refractivity contribution in [3.05, 3.63) is 58.5 Å². The number of carbonyl (C=O) groups excluding carboxylic acids is 1.